The number of hydrogen-bond donors (Lipinski definition) is 3. The highest BCUT2D eigenvalue weighted by Gasteiger charge is 2.36. The molecule has 0 radical (unpaired) electrons. The Bertz CT molecular complexity index is 1280. The lowest BCUT2D eigenvalue weighted by Gasteiger charge is -2.38. The Morgan fingerprint density at radius 2 is 1.87 bits per heavy atom. The summed E-state index contributed by atoms with van der Waals surface area (Å²) in [5.74, 6) is -0.546. The van der Waals surface area contributed by atoms with E-state index in [1.54, 1.807) is 29.2 Å². The number of benzene rings is 2. The van der Waals surface area contributed by atoms with E-state index in [0.717, 1.165) is 47.2 Å². The maximum Gasteiger partial charge on any atom is 0.248 e. The van der Waals surface area contributed by atoms with Crippen LogP contribution in [-0.2, 0) is 32.1 Å². The topological polar surface area (TPSA) is 146 Å². The van der Waals surface area contributed by atoms with Crippen molar-refractivity contribution in [2.24, 2.45) is 4.99 Å². The van der Waals surface area contributed by atoms with E-state index in [4.69, 9.17) is 0 Å². The van der Waals surface area contributed by atoms with Gasteiger partial charge in [0.15, 0.2) is 0 Å². The standard InChI is InChI=1S/C26H30N6O5S/c33-23(16-22-25(34)30-19-5-1-2-6-21(19)32(22)38(36)37)29-20(26(35)31-13-3-4-14-31)15-17-7-9-18(10-8-17)24-27-11-12-28-24/h1-2,5-10,20,22H,3-4,11-16H2,(H,27,28)(H,29,33)(H,30,34)(H,36,37)/p-1. The average Bonchev–Trinajstić information content (AvgIpc) is 3.63. The summed E-state index contributed by atoms with van der Waals surface area (Å²) in [6.07, 6.45) is 1.64. The number of fused-ring (bicyclic) bond motifs is 1. The quantitative estimate of drug-likeness (QED) is 0.423. The highest BCUT2D eigenvalue weighted by atomic mass is 32.2. The predicted molar refractivity (Wildman–Crippen MR) is 142 cm³/mol. The lowest BCUT2D eigenvalue weighted by molar-refractivity contribution is -0.135. The van der Waals surface area contributed by atoms with Crippen molar-refractivity contribution in [2.75, 3.05) is 35.8 Å². The Morgan fingerprint density at radius 3 is 2.55 bits per heavy atom. The van der Waals surface area contributed by atoms with Crippen LogP contribution < -0.4 is 20.3 Å². The van der Waals surface area contributed by atoms with Gasteiger partial charge in [0.1, 0.15) is 17.9 Å². The number of rotatable bonds is 8. The molecule has 2 aromatic carbocycles. The van der Waals surface area contributed by atoms with Crippen LogP contribution in [0, 0.1) is 0 Å². The largest absolute Gasteiger partial charge is 0.755 e. The molecule has 38 heavy (non-hydrogen) atoms. The fourth-order valence-electron chi connectivity index (χ4n) is 5.03. The first kappa shape index (κ1) is 25.9. The first-order chi connectivity index (χ1) is 18.4. The van der Waals surface area contributed by atoms with E-state index in [1.807, 2.05) is 24.3 Å². The van der Waals surface area contributed by atoms with Gasteiger partial charge in [-0.15, -0.1) is 0 Å². The number of amides is 3. The normalized spacial score (nSPS) is 20.2. The molecule has 3 N–H and O–H groups in total. The average molecular weight is 538 g/mol. The van der Waals surface area contributed by atoms with Crippen LogP contribution in [0.25, 0.3) is 0 Å². The fourth-order valence-corrected chi connectivity index (χ4v) is 5.73. The molecule has 3 atom stereocenters. The molecule has 3 amide bonds. The molecule has 200 valence electrons. The van der Waals surface area contributed by atoms with Crippen LogP contribution in [0.2, 0.25) is 0 Å². The van der Waals surface area contributed by atoms with Crippen LogP contribution in [-0.4, -0.2) is 75.5 Å². The predicted octanol–water partition coefficient (Wildman–Crippen LogP) is 0.698. The van der Waals surface area contributed by atoms with Crippen molar-refractivity contribution in [2.45, 2.75) is 37.8 Å². The minimum absolute atomic E-state index is 0.190. The molecular weight excluding hydrogens is 508 g/mol. The van der Waals surface area contributed by atoms with Gasteiger partial charge >= 0.3 is 0 Å². The van der Waals surface area contributed by atoms with E-state index >= 15 is 0 Å². The molecule has 3 unspecified atom stereocenters. The summed E-state index contributed by atoms with van der Waals surface area (Å²) in [7, 11) is 0. The zero-order valence-electron chi connectivity index (χ0n) is 20.7. The number of carbonyl (C=O) groups is 3. The van der Waals surface area contributed by atoms with Gasteiger partial charge in [0.2, 0.25) is 17.7 Å². The number of likely N-dealkylation sites (tertiary alicyclic amines) is 1. The molecule has 0 spiro atoms. The third-order valence-corrected chi connectivity index (χ3v) is 7.69. The molecule has 5 rings (SSSR count). The molecular formula is C26H29N6O5S-. The maximum atomic E-state index is 13.3. The maximum absolute atomic E-state index is 13.3. The van der Waals surface area contributed by atoms with Gasteiger partial charge in [0, 0.05) is 42.9 Å². The Hall–Kier alpha value is -3.77. The van der Waals surface area contributed by atoms with Crippen LogP contribution in [0.15, 0.2) is 53.5 Å². The summed E-state index contributed by atoms with van der Waals surface area (Å²) < 4.78 is 25.0. The molecule has 3 aliphatic heterocycles. The zero-order chi connectivity index (χ0) is 26.6. The van der Waals surface area contributed by atoms with Crippen molar-refractivity contribution in [1.29, 1.82) is 0 Å². The monoisotopic (exact) mass is 537 g/mol. The van der Waals surface area contributed by atoms with Gasteiger partial charge in [-0.1, -0.05) is 36.4 Å². The zero-order valence-corrected chi connectivity index (χ0v) is 21.5. The molecule has 12 heteroatoms. The van der Waals surface area contributed by atoms with Gasteiger partial charge in [-0.05, 0) is 30.5 Å². The number of nitrogens with zero attached hydrogens (tertiary/aromatic N) is 3. The van der Waals surface area contributed by atoms with Gasteiger partial charge in [-0.3, -0.25) is 27.9 Å². The molecule has 0 aliphatic carbocycles. The Balaban J connectivity index is 1.32. The van der Waals surface area contributed by atoms with E-state index < -0.39 is 41.6 Å². The van der Waals surface area contributed by atoms with E-state index in [1.165, 1.54) is 0 Å². The molecule has 3 heterocycles. The molecule has 1 saturated heterocycles. The summed E-state index contributed by atoms with van der Waals surface area (Å²) in [5, 5.41) is 8.68. The molecule has 2 aromatic rings. The van der Waals surface area contributed by atoms with Crippen LogP contribution in [0.1, 0.15) is 30.4 Å². The van der Waals surface area contributed by atoms with E-state index in [-0.39, 0.29) is 18.0 Å². The molecule has 3 aliphatic rings. The second kappa shape index (κ2) is 11.3. The Morgan fingerprint density at radius 1 is 1.13 bits per heavy atom. The minimum Gasteiger partial charge on any atom is -0.755 e. The SMILES string of the molecule is O=C(CC1C(=O)Nc2ccccc2N1S(=O)[O-])NC(Cc1ccc(C2=NCCN2)cc1)C(=O)N1CCCC1. The van der Waals surface area contributed by atoms with Crippen molar-refractivity contribution < 1.29 is 23.1 Å². The summed E-state index contributed by atoms with van der Waals surface area (Å²) in [6.45, 7) is 2.79. The number of hydrogen-bond acceptors (Lipinski definition) is 7. The van der Waals surface area contributed by atoms with Crippen molar-refractivity contribution in [3.63, 3.8) is 0 Å². The third-order valence-electron chi connectivity index (χ3n) is 6.92. The first-order valence-electron chi connectivity index (χ1n) is 12.6. The lowest BCUT2D eigenvalue weighted by atomic mass is 10.0. The summed E-state index contributed by atoms with van der Waals surface area (Å²) >= 11 is -2.79. The number of aliphatic imine (C=N–C) groups is 1. The second-order valence-electron chi connectivity index (χ2n) is 9.48. The van der Waals surface area contributed by atoms with Crippen LogP contribution in [0.3, 0.4) is 0 Å². The van der Waals surface area contributed by atoms with Crippen molar-refractivity contribution in [1.82, 2.24) is 15.5 Å². The van der Waals surface area contributed by atoms with Crippen LogP contribution in [0.5, 0.6) is 0 Å². The number of amidine groups is 1. The molecule has 1 fully saturated rings. The van der Waals surface area contributed by atoms with Crippen LogP contribution in [0.4, 0.5) is 11.4 Å². The first-order valence-corrected chi connectivity index (χ1v) is 13.7. The molecule has 11 nitrogen and oxygen atoms in total. The van der Waals surface area contributed by atoms with Gasteiger partial charge in [-0.25, -0.2) is 0 Å². The third kappa shape index (κ3) is 5.55. The molecule has 0 saturated carbocycles. The van der Waals surface area contributed by atoms with Crippen molar-refractivity contribution in [3.8, 4) is 0 Å². The molecule has 0 bridgehead atoms. The number of carbonyl (C=O) groups excluding carboxylic acids is 3. The lowest BCUT2D eigenvalue weighted by Crippen LogP contribution is -2.53. The van der Waals surface area contributed by atoms with Crippen molar-refractivity contribution >= 4 is 46.2 Å². The van der Waals surface area contributed by atoms with Gasteiger partial charge in [0.05, 0.1) is 24.3 Å². The summed E-state index contributed by atoms with van der Waals surface area (Å²) in [4.78, 5) is 45.4. The second-order valence-corrected chi connectivity index (χ2v) is 10.3. The highest BCUT2D eigenvalue weighted by molar-refractivity contribution is 7.80. The van der Waals surface area contributed by atoms with Gasteiger partial charge < -0.3 is 25.4 Å². The number of nitrogens with one attached hydrogen (secondary N) is 3. The smallest absolute Gasteiger partial charge is 0.248 e. The fraction of sp³-hybridized carbons (Fsp3) is 0.385. The number of para-hydroxylation sites is 2. The Labute approximate surface area is 223 Å². The van der Waals surface area contributed by atoms with Gasteiger partial charge in [-0.2, -0.15) is 0 Å². The summed E-state index contributed by atoms with van der Waals surface area (Å²) in [5.41, 5.74) is 2.44. The number of anilines is 2. The van der Waals surface area contributed by atoms with Crippen molar-refractivity contribution in [3.05, 3.63) is 59.7 Å². The van der Waals surface area contributed by atoms with E-state index in [9.17, 15) is 23.1 Å². The highest BCUT2D eigenvalue weighted by Crippen LogP contribution is 2.33. The van der Waals surface area contributed by atoms with E-state index in [2.05, 4.69) is 20.9 Å². The summed E-state index contributed by atoms with van der Waals surface area (Å²) in [6, 6.07) is 12.0. The minimum atomic E-state index is -2.79. The molecule has 0 aromatic heterocycles. The Kier molecular flexibility index (Phi) is 7.70. The van der Waals surface area contributed by atoms with Gasteiger partial charge in [0.25, 0.3) is 0 Å². The van der Waals surface area contributed by atoms with Crippen LogP contribution >= 0.6 is 0 Å². The van der Waals surface area contributed by atoms with E-state index in [0.29, 0.717) is 18.8 Å².